The number of hydrogen-bond acceptors (Lipinski definition) is 3. The maximum Gasteiger partial charge on any atom is 0.191 e. The van der Waals surface area contributed by atoms with Crippen molar-refractivity contribution in [1.29, 1.82) is 0 Å². The zero-order valence-electron chi connectivity index (χ0n) is 12.4. The molecule has 1 saturated heterocycles. The first kappa shape index (κ1) is 17.0. The number of piperazine rings is 1. The summed E-state index contributed by atoms with van der Waals surface area (Å²) < 4.78 is 0. The molecular weight excluding hydrogens is 353 g/mol. The summed E-state index contributed by atoms with van der Waals surface area (Å²) in [6, 6.07) is 0.572. The van der Waals surface area contributed by atoms with Gasteiger partial charge in [-0.1, -0.05) is 0 Å². The fourth-order valence-corrected chi connectivity index (χ4v) is 2.32. The van der Waals surface area contributed by atoms with Crippen LogP contribution in [-0.4, -0.2) is 75.7 Å². The summed E-state index contributed by atoms with van der Waals surface area (Å²) in [6.45, 7) is 5.48. The van der Waals surface area contributed by atoms with E-state index in [2.05, 4.69) is 39.5 Å². The summed E-state index contributed by atoms with van der Waals surface area (Å²) in [4.78, 5) is 9.11. The van der Waals surface area contributed by atoms with Crippen molar-refractivity contribution < 1.29 is 0 Å². The highest BCUT2D eigenvalue weighted by atomic mass is 127. The monoisotopic (exact) mass is 381 g/mol. The predicted octanol–water partition coefficient (Wildman–Crippen LogP) is 0.425. The molecule has 1 saturated carbocycles. The van der Waals surface area contributed by atoms with E-state index in [-0.39, 0.29) is 24.0 Å². The van der Waals surface area contributed by atoms with Crippen LogP contribution in [0.3, 0.4) is 0 Å². The molecule has 2 N–H and O–H groups in total. The van der Waals surface area contributed by atoms with Crippen LogP contribution in [0.25, 0.3) is 0 Å². The standard InChI is InChI=1S/C13H27N5.HI/c1-14-13(15-8-11-4-5-11)16-9-12-10-17(2)6-7-18(12)3;/h11-12H,4-10H2,1-3H3,(H2,14,15,16);1H. The zero-order valence-corrected chi connectivity index (χ0v) is 14.7. The highest BCUT2D eigenvalue weighted by Crippen LogP contribution is 2.27. The average Bonchev–Trinajstić information content (AvgIpc) is 3.17. The smallest absolute Gasteiger partial charge is 0.191 e. The minimum Gasteiger partial charge on any atom is -0.356 e. The highest BCUT2D eigenvalue weighted by molar-refractivity contribution is 14.0. The molecule has 0 aromatic heterocycles. The molecule has 112 valence electrons. The Bertz CT molecular complexity index is 293. The molecule has 0 spiro atoms. The topological polar surface area (TPSA) is 42.9 Å². The summed E-state index contributed by atoms with van der Waals surface area (Å²) in [6.07, 6.45) is 2.75. The number of rotatable bonds is 4. The molecule has 6 heteroatoms. The van der Waals surface area contributed by atoms with E-state index < -0.39 is 0 Å². The number of guanidine groups is 1. The number of nitrogens with zero attached hydrogens (tertiary/aromatic N) is 3. The number of hydrogen-bond donors (Lipinski definition) is 2. The SMILES string of the molecule is CN=C(NCC1CC1)NCC1CN(C)CCN1C.I. The van der Waals surface area contributed by atoms with Gasteiger partial charge in [0, 0.05) is 45.8 Å². The number of likely N-dealkylation sites (N-methyl/N-ethyl adjacent to an activating group) is 2. The van der Waals surface area contributed by atoms with Gasteiger partial charge < -0.3 is 15.5 Å². The Kier molecular flexibility index (Phi) is 7.38. The van der Waals surface area contributed by atoms with Gasteiger partial charge in [-0.05, 0) is 32.9 Å². The molecule has 0 amide bonds. The summed E-state index contributed by atoms with van der Waals surface area (Å²) in [7, 11) is 6.25. The van der Waals surface area contributed by atoms with E-state index in [1.807, 2.05) is 7.05 Å². The van der Waals surface area contributed by atoms with Crippen LogP contribution in [0.1, 0.15) is 12.8 Å². The van der Waals surface area contributed by atoms with Crippen LogP contribution in [0.5, 0.6) is 0 Å². The van der Waals surface area contributed by atoms with Crippen molar-refractivity contribution in [1.82, 2.24) is 20.4 Å². The number of halogens is 1. The van der Waals surface area contributed by atoms with Crippen molar-refractivity contribution in [2.75, 3.05) is 53.9 Å². The molecule has 1 aliphatic heterocycles. The van der Waals surface area contributed by atoms with Crippen LogP contribution in [0.4, 0.5) is 0 Å². The summed E-state index contributed by atoms with van der Waals surface area (Å²) in [5, 5.41) is 6.85. The quantitative estimate of drug-likeness (QED) is 0.421. The van der Waals surface area contributed by atoms with E-state index >= 15 is 0 Å². The molecule has 2 aliphatic rings. The lowest BCUT2D eigenvalue weighted by Gasteiger charge is -2.37. The van der Waals surface area contributed by atoms with Gasteiger partial charge in [0.05, 0.1) is 0 Å². The average molecular weight is 381 g/mol. The van der Waals surface area contributed by atoms with Crippen molar-refractivity contribution in [3.63, 3.8) is 0 Å². The fraction of sp³-hybridized carbons (Fsp3) is 0.923. The summed E-state index contributed by atoms with van der Waals surface area (Å²) in [5.74, 6) is 1.83. The van der Waals surface area contributed by atoms with Crippen molar-refractivity contribution in [2.45, 2.75) is 18.9 Å². The lowest BCUT2D eigenvalue weighted by molar-refractivity contribution is 0.116. The minimum absolute atomic E-state index is 0. The van der Waals surface area contributed by atoms with Crippen LogP contribution < -0.4 is 10.6 Å². The lowest BCUT2D eigenvalue weighted by atomic mass is 10.2. The van der Waals surface area contributed by atoms with Gasteiger partial charge in [-0.25, -0.2) is 0 Å². The number of nitrogens with one attached hydrogen (secondary N) is 2. The van der Waals surface area contributed by atoms with Crippen LogP contribution in [0.2, 0.25) is 0 Å². The Hall–Kier alpha value is -0.0800. The first-order valence-corrected chi connectivity index (χ1v) is 7.02. The van der Waals surface area contributed by atoms with Crippen LogP contribution in [-0.2, 0) is 0 Å². The van der Waals surface area contributed by atoms with Gasteiger partial charge in [0.2, 0.25) is 0 Å². The summed E-state index contributed by atoms with van der Waals surface area (Å²) in [5.41, 5.74) is 0. The van der Waals surface area contributed by atoms with Crippen molar-refractivity contribution in [3.8, 4) is 0 Å². The molecule has 0 radical (unpaired) electrons. The molecule has 1 atom stereocenters. The molecule has 0 bridgehead atoms. The third kappa shape index (κ3) is 5.83. The Labute approximate surface area is 134 Å². The molecule has 1 aliphatic carbocycles. The maximum absolute atomic E-state index is 4.28. The first-order chi connectivity index (χ1) is 8.69. The van der Waals surface area contributed by atoms with Gasteiger partial charge in [0.25, 0.3) is 0 Å². The van der Waals surface area contributed by atoms with Gasteiger partial charge in [-0.15, -0.1) is 24.0 Å². The number of aliphatic imine (C=N–C) groups is 1. The Morgan fingerprint density at radius 2 is 1.84 bits per heavy atom. The van der Waals surface area contributed by atoms with Gasteiger partial charge in [0.1, 0.15) is 0 Å². The van der Waals surface area contributed by atoms with Crippen molar-refractivity contribution >= 4 is 29.9 Å². The van der Waals surface area contributed by atoms with E-state index in [0.29, 0.717) is 6.04 Å². The molecule has 5 nitrogen and oxygen atoms in total. The maximum atomic E-state index is 4.28. The molecule has 2 fully saturated rings. The van der Waals surface area contributed by atoms with E-state index in [9.17, 15) is 0 Å². The summed E-state index contributed by atoms with van der Waals surface area (Å²) >= 11 is 0. The Balaban J connectivity index is 0.00000180. The van der Waals surface area contributed by atoms with Crippen LogP contribution in [0, 0.1) is 5.92 Å². The van der Waals surface area contributed by atoms with Crippen LogP contribution in [0.15, 0.2) is 4.99 Å². The molecule has 0 aromatic rings. The van der Waals surface area contributed by atoms with E-state index in [4.69, 9.17) is 0 Å². The predicted molar refractivity (Wildman–Crippen MR) is 91.4 cm³/mol. The largest absolute Gasteiger partial charge is 0.356 e. The first-order valence-electron chi connectivity index (χ1n) is 7.02. The molecule has 1 heterocycles. The molecule has 2 rings (SSSR count). The van der Waals surface area contributed by atoms with E-state index in [1.54, 1.807) is 0 Å². The van der Waals surface area contributed by atoms with Gasteiger partial charge in [0.15, 0.2) is 5.96 Å². The second-order valence-corrected chi connectivity index (χ2v) is 5.67. The third-order valence-corrected chi connectivity index (χ3v) is 3.96. The lowest BCUT2D eigenvalue weighted by Crippen LogP contribution is -2.55. The van der Waals surface area contributed by atoms with Crippen molar-refractivity contribution in [2.24, 2.45) is 10.9 Å². The minimum atomic E-state index is 0. The van der Waals surface area contributed by atoms with E-state index in [1.165, 1.54) is 19.4 Å². The second kappa shape index (κ2) is 8.26. The van der Waals surface area contributed by atoms with Crippen LogP contribution >= 0.6 is 24.0 Å². The zero-order chi connectivity index (χ0) is 13.0. The third-order valence-electron chi connectivity index (χ3n) is 3.96. The van der Waals surface area contributed by atoms with Gasteiger partial charge >= 0.3 is 0 Å². The fourth-order valence-electron chi connectivity index (χ4n) is 2.32. The van der Waals surface area contributed by atoms with E-state index in [0.717, 1.165) is 38.1 Å². The van der Waals surface area contributed by atoms with Gasteiger partial charge in [-0.3, -0.25) is 9.89 Å². The van der Waals surface area contributed by atoms with Gasteiger partial charge in [-0.2, -0.15) is 0 Å². The Morgan fingerprint density at radius 3 is 2.47 bits per heavy atom. The molecule has 0 aromatic carbocycles. The molecular formula is C13H28IN5. The normalized spacial score (nSPS) is 25.8. The second-order valence-electron chi connectivity index (χ2n) is 5.67. The highest BCUT2D eigenvalue weighted by Gasteiger charge is 2.23. The Morgan fingerprint density at radius 1 is 1.16 bits per heavy atom. The van der Waals surface area contributed by atoms with Crippen molar-refractivity contribution in [3.05, 3.63) is 0 Å². The molecule has 1 unspecified atom stereocenters. The molecule has 19 heavy (non-hydrogen) atoms.